The molecule has 0 saturated heterocycles. The quantitative estimate of drug-likeness (QED) is 0.254. The highest BCUT2D eigenvalue weighted by atomic mass is 15.0. The van der Waals surface area contributed by atoms with Gasteiger partial charge in [-0.05, 0) is 63.9 Å². The number of aromatic nitrogens is 3. The molecule has 0 amide bonds. The molecule has 2 aliphatic rings. The lowest BCUT2D eigenvalue weighted by molar-refractivity contribution is 1.14. The van der Waals surface area contributed by atoms with Crippen molar-refractivity contribution in [2.75, 3.05) is 0 Å². The van der Waals surface area contributed by atoms with Crippen molar-refractivity contribution in [1.29, 1.82) is 0 Å². The number of benzene rings is 5. The van der Waals surface area contributed by atoms with Gasteiger partial charge in [0, 0.05) is 56.3 Å². The summed E-state index contributed by atoms with van der Waals surface area (Å²) in [5, 5.41) is 5.25. The maximum absolute atomic E-state index is 4.30. The Morgan fingerprint density at radius 1 is 0.487 bits per heavy atom. The van der Waals surface area contributed by atoms with E-state index in [1.165, 1.54) is 82.5 Å². The summed E-state index contributed by atoms with van der Waals surface area (Å²) in [4.78, 5) is 4.30. The maximum atomic E-state index is 4.30. The molecule has 0 radical (unpaired) electrons. The first-order valence-electron chi connectivity index (χ1n) is 13.5. The van der Waals surface area contributed by atoms with E-state index in [1.54, 1.807) is 0 Å². The Hall–Kier alpha value is -5.09. The molecule has 0 N–H and O–H groups in total. The van der Waals surface area contributed by atoms with Crippen molar-refractivity contribution in [3.05, 3.63) is 122 Å². The summed E-state index contributed by atoms with van der Waals surface area (Å²) in [5.74, 6) is 0. The molecule has 5 aromatic carbocycles. The zero-order valence-electron chi connectivity index (χ0n) is 21.0. The standard InChI is InChI=1S/C35H20BN3/c1-3-13-29-23(7-1)25-9-5-11-27-34(25)38(29)31-19-22(21-15-17-37-18-16-21)20-32-33(31)36(27)28-12-6-10-26-24-8-2-4-14-30(24)39(32)35(26)28/h1-20H. The van der Waals surface area contributed by atoms with Crippen molar-refractivity contribution < 1.29 is 0 Å². The Kier molecular flexibility index (Phi) is 3.51. The SMILES string of the molecule is c1ccc2c(c1)c1cccc3c1n2-c1cc(-c2ccncc2)cc2c1B3c1cccc3c4ccccc4n-2c13. The van der Waals surface area contributed by atoms with Crippen molar-refractivity contribution >= 4 is 66.7 Å². The minimum atomic E-state index is 0.169. The van der Waals surface area contributed by atoms with E-state index >= 15 is 0 Å². The minimum absolute atomic E-state index is 0.169. The van der Waals surface area contributed by atoms with Gasteiger partial charge in [-0.25, -0.2) is 0 Å². The lowest BCUT2D eigenvalue weighted by Crippen LogP contribution is -2.59. The number of rotatable bonds is 1. The van der Waals surface area contributed by atoms with Crippen LogP contribution in [0, 0.1) is 0 Å². The molecule has 3 aromatic heterocycles. The predicted octanol–water partition coefficient (Wildman–Crippen LogP) is 6.09. The summed E-state index contributed by atoms with van der Waals surface area (Å²) in [6.45, 7) is 0.169. The molecule has 178 valence electrons. The second-order valence-corrected chi connectivity index (χ2v) is 10.8. The van der Waals surface area contributed by atoms with Crippen molar-refractivity contribution in [3.8, 4) is 22.5 Å². The predicted molar refractivity (Wildman–Crippen MR) is 163 cm³/mol. The van der Waals surface area contributed by atoms with Crippen LogP contribution in [0.4, 0.5) is 0 Å². The van der Waals surface area contributed by atoms with Crippen molar-refractivity contribution in [2.45, 2.75) is 0 Å². The molecular formula is C35H20BN3. The molecule has 4 heteroatoms. The van der Waals surface area contributed by atoms with E-state index in [0.29, 0.717) is 0 Å². The lowest BCUT2D eigenvalue weighted by atomic mass is 9.34. The van der Waals surface area contributed by atoms with Crippen LogP contribution in [0.3, 0.4) is 0 Å². The number of para-hydroxylation sites is 4. The van der Waals surface area contributed by atoms with Crippen LogP contribution in [0.15, 0.2) is 122 Å². The van der Waals surface area contributed by atoms with Gasteiger partial charge in [-0.3, -0.25) is 4.98 Å². The second-order valence-electron chi connectivity index (χ2n) is 10.8. The van der Waals surface area contributed by atoms with E-state index in [9.17, 15) is 0 Å². The third-order valence-corrected chi connectivity index (χ3v) is 8.99. The number of pyridine rings is 1. The zero-order valence-corrected chi connectivity index (χ0v) is 21.0. The van der Waals surface area contributed by atoms with Gasteiger partial charge < -0.3 is 9.13 Å². The highest BCUT2D eigenvalue weighted by molar-refractivity contribution is 7.00. The number of hydrogen-bond acceptors (Lipinski definition) is 1. The van der Waals surface area contributed by atoms with Gasteiger partial charge in [0.25, 0.3) is 6.71 Å². The zero-order chi connectivity index (χ0) is 25.2. The fourth-order valence-electron chi connectivity index (χ4n) is 7.53. The van der Waals surface area contributed by atoms with Crippen molar-refractivity contribution in [3.63, 3.8) is 0 Å². The molecule has 0 spiro atoms. The molecule has 0 atom stereocenters. The largest absolute Gasteiger partial charge is 0.310 e. The van der Waals surface area contributed by atoms with Crippen LogP contribution < -0.4 is 16.4 Å². The summed E-state index contributed by atoms with van der Waals surface area (Å²) in [6.07, 6.45) is 3.78. The molecular weight excluding hydrogens is 473 g/mol. The molecule has 2 aliphatic heterocycles. The van der Waals surface area contributed by atoms with Crippen LogP contribution in [-0.2, 0) is 0 Å². The van der Waals surface area contributed by atoms with Gasteiger partial charge in [0.2, 0.25) is 0 Å². The number of hydrogen-bond donors (Lipinski definition) is 0. The van der Waals surface area contributed by atoms with E-state index < -0.39 is 0 Å². The average Bonchev–Trinajstić information content (AvgIpc) is 3.52. The van der Waals surface area contributed by atoms with Gasteiger partial charge >= 0.3 is 0 Å². The van der Waals surface area contributed by atoms with Crippen LogP contribution in [0.25, 0.3) is 66.1 Å². The van der Waals surface area contributed by atoms with E-state index in [1.807, 2.05) is 12.4 Å². The summed E-state index contributed by atoms with van der Waals surface area (Å²) in [7, 11) is 0. The summed E-state index contributed by atoms with van der Waals surface area (Å²) >= 11 is 0. The van der Waals surface area contributed by atoms with Gasteiger partial charge in [0.05, 0.1) is 11.0 Å². The van der Waals surface area contributed by atoms with E-state index in [4.69, 9.17) is 0 Å². The first-order valence-corrected chi connectivity index (χ1v) is 13.5. The topological polar surface area (TPSA) is 22.8 Å². The number of nitrogens with zero attached hydrogens (tertiary/aromatic N) is 3. The average molecular weight is 493 g/mol. The Bertz CT molecular complexity index is 2200. The van der Waals surface area contributed by atoms with Crippen molar-refractivity contribution in [2.24, 2.45) is 0 Å². The van der Waals surface area contributed by atoms with Crippen LogP contribution >= 0.6 is 0 Å². The van der Waals surface area contributed by atoms with Crippen LogP contribution in [0.2, 0.25) is 0 Å². The molecule has 39 heavy (non-hydrogen) atoms. The highest BCUT2D eigenvalue weighted by Gasteiger charge is 2.40. The minimum Gasteiger partial charge on any atom is -0.310 e. The Balaban J connectivity index is 1.49. The summed E-state index contributed by atoms with van der Waals surface area (Å²) in [6, 6.07) is 40.5. The monoisotopic (exact) mass is 493 g/mol. The molecule has 0 bridgehead atoms. The summed E-state index contributed by atoms with van der Waals surface area (Å²) < 4.78 is 5.05. The molecule has 10 rings (SSSR count). The third-order valence-electron chi connectivity index (χ3n) is 8.99. The Labute approximate surface area is 224 Å². The molecule has 8 aromatic rings. The second kappa shape index (κ2) is 6.86. The van der Waals surface area contributed by atoms with Gasteiger partial charge in [0.1, 0.15) is 0 Å². The fourth-order valence-corrected chi connectivity index (χ4v) is 7.53. The Morgan fingerprint density at radius 3 is 1.56 bits per heavy atom. The molecule has 0 fully saturated rings. The van der Waals surface area contributed by atoms with Gasteiger partial charge in [-0.15, -0.1) is 0 Å². The summed E-state index contributed by atoms with van der Waals surface area (Å²) in [5.41, 5.74) is 14.3. The van der Waals surface area contributed by atoms with E-state index in [-0.39, 0.29) is 6.71 Å². The first-order chi connectivity index (χ1) is 19.4. The van der Waals surface area contributed by atoms with E-state index in [2.05, 4.69) is 123 Å². The van der Waals surface area contributed by atoms with Crippen molar-refractivity contribution in [1.82, 2.24) is 14.1 Å². The fraction of sp³-hybridized carbons (Fsp3) is 0. The van der Waals surface area contributed by atoms with Gasteiger partial charge in [-0.1, -0.05) is 72.8 Å². The molecule has 5 heterocycles. The Morgan fingerprint density at radius 2 is 1.00 bits per heavy atom. The van der Waals surface area contributed by atoms with E-state index in [0.717, 1.165) is 0 Å². The maximum Gasteiger partial charge on any atom is 0.252 e. The number of fused-ring (bicyclic) bond motifs is 10. The third kappa shape index (κ3) is 2.30. The van der Waals surface area contributed by atoms with Crippen LogP contribution in [0.5, 0.6) is 0 Å². The molecule has 3 nitrogen and oxygen atoms in total. The normalized spacial score (nSPS) is 13.1. The van der Waals surface area contributed by atoms with Gasteiger partial charge in [-0.2, -0.15) is 0 Å². The van der Waals surface area contributed by atoms with Crippen LogP contribution in [-0.4, -0.2) is 20.8 Å². The van der Waals surface area contributed by atoms with Crippen LogP contribution in [0.1, 0.15) is 0 Å². The molecule has 0 saturated carbocycles. The smallest absolute Gasteiger partial charge is 0.252 e. The highest BCUT2D eigenvalue weighted by Crippen LogP contribution is 2.40. The lowest BCUT2D eigenvalue weighted by Gasteiger charge is -2.34. The first kappa shape index (κ1) is 20.0. The molecule has 0 aliphatic carbocycles. The van der Waals surface area contributed by atoms with Gasteiger partial charge in [0.15, 0.2) is 0 Å². The molecule has 0 unspecified atom stereocenters.